The fraction of sp³-hybridized carbons (Fsp3) is 0.429. The summed E-state index contributed by atoms with van der Waals surface area (Å²) in [5.74, 6) is 0.0660. The normalized spacial score (nSPS) is 21.7. The summed E-state index contributed by atoms with van der Waals surface area (Å²) in [4.78, 5) is 13.9. The summed E-state index contributed by atoms with van der Waals surface area (Å²) < 4.78 is 0. The van der Waals surface area contributed by atoms with E-state index in [9.17, 15) is 4.79 Å². The van der Waals surface area contributed by atoms with Crippen LogP contribution in [-0.2, 0) is 4.79 Å². The SMILES string of the molecule is N#Cc1ccc2c(c1)N(CC1CCCN1)C(=O)CN2. The van der Waals surface area contributed by atoms with Gasteiger partial charge in [0, 0.05) is 12.6 Å². The monoisotopic (exact) mass is 256 g/mol. The quantitative estimate of drug-likeness (QED) is 0.830. The van der Waals surface area contributed by atoms with Gasteiger partial charge in [-0.1, -0.05) is 0 Å². The minimum atomic E-state index is 0.0660. The molecule has 1 saturated heterocycles. The van der Waals surface area contributed by atoms with E-state index in [1.54, 1.807) is 17.0 Å². The average molecular weight is 256 g/mol. The molecular weight excluding hydrogens is 240 g/mol. The van der Waals surface area contributed by atoms with E-state index >= 15 is 0 Å². The van der Waals surface area contributed by atoms with Crippen molar-refractivity contribution >= 4 is 17.3 Å². The molecule has 2 aliphatic rings. The van der Waals surface area contributed by atoms with E-state index in [0.717, 1.165) is 30.8 Å². The summed E-state index contributed by atoms with van der Waals surface area (Å²) in [7, 11) is 0. The number of amides is 1. The molecule has 1 unspecified atom stereocenters. The van der Waals surface area contributed by atoms with Crippen molar-refractivity contribution in [1.82, 2.24) is 5.32 Å². The molecule has 1 atom stereocenters. The highest BCUT2D eigenvalue weighted by Crippen LogP contribution is 2.31. The second-order valence-electron chi connectivity index (χ2n) is 4.99. The van der Waals surface area contributed by atoms with E-state index in [4.69, 9.17) is 5.26 Å². The van der Waals surface area contributed by atoms with Crippen LogP contribution < -0.4 is 15.5 Å². The molecule has 3 rings (SSSR count). The predicted octanol–water partition coefficient (Wildman–Crippen LogP) is 1.07. The van der Waals surface area contributed by atoms with E-state index in [0.29, 0.717) is 24.7 Å². The van der Waals surface area contributed by atoms with Crippen LogP contribution >= 0.6 is 0 Å². The summed E-state index contributed by atoms with van der Waals surface area (Å²) in [6.45, 7) is 2.03. The molecule has 2 N–H and O–H groups in total. The Labute approximate surface area is 112 Å². The van der Waals surface area contributed by atoms with Crippen LogP contribution in [0.3, 0.4) is 0 Å². The highest BCUT2D eigenvalue weighted by molar-refractivity contribution is 6.02. The number of rotatable bonds is 2. The molecule has 1 amide bonds. The fourth-order valence-electron chi connectivity index (χ4n) is 2.71. The van der Waals surface area contributed by atoms with Gasteiger partial charge in [0.2, 0.25) is 5.91 Å². The molecular formula is C14H16N4O. The zero-order valence-electron chi connectivity index (χ0n) is 10.6. The Hall–Kier alpha value is -2.06. The van der Waals surface area contributed by atoms with Crippen LogP contribution in [0.1, 0.15) is 18.4 Å². The van der Waals surface area contributed by atoms with Gasteiger partial charge in [-0.3, -0.25) is 4.79 Å². The zero-order chi connectivity index (χ0) is 13.2. The first kappa shape index (κ1) is 12.0. The number of hydrogen-bond acceptors (Lipinski definition) is 4. The Morgan fingerprint density at radius 1 is 1.47 bits per heavy atom. The van der Waals surface area contributed by atoms with Crippen molar-refractivity contribution < 1.29 is 4.79 Å². The van der Waals surface area contributed by atoms with Gasteiger partial charge >= 0.3 is 0 Å². The summed E-state index contributed by atoms with van der Waals surface area (Å²) in [5, 5.41) is 15.5. The second-order valence-corrected chi connectivity index (χ2v) is 4.99. The van der Waals surface area contributed by atoms with Crippen LogP contribution in [0.2, 0.25) is 0 Å². The fourth-order valence-corrected chi connectivity index (χ4v) is 2.71. The Bertz CT molecular complexity index is 543. The highest BCUT2D eigenvalue weighted by atomic mass is 16.2. The molecule has 0 aliphatic carbocycles. The van der Waals surface area contributed by atoms with Crippen LogP contribution in [-0.4, -0.2) is 31.6 Å². The standard InChI is InChI=1S/C14H16N4O/c15-7-10-3-4-12-13(6-10)18(14(19)8-17-12)9-11-2-1-5-16-11/h3-4,6,11,16-17H,1-2,5,8-9H2. The lowest BCUT2D eigenvalue weighted by Gasteiger charge is -2.32. The summed E-state index contributed by atoms with van der Waals surface area (Å²) in [6.07, 6.45) is 2.26. The summed E-state index contributed by atoms with van der Waals surface area (Å²) >= 11 is 0. The maximum Gasteiger partial charge on any atom is 0.246 e. The molecule has 1 aromatic rings. The number of hydrogen-bond donors (Lipinski definition) is 2. The van der Waals surface area contributed by atoms with Crippen molar-refractivity contribution in [3.05, 3.63) is 23.8 Å². The minimum Gasteiger partial charge on any atom is -0.374 e. The van der Waals surface area contributed by atoms with Crippen LogP contribution in [0.15, 0.2) is 18.2 Å². The van der Waals surface area contributed by atoms with Crippen molar-refractivity contribution in [2.24, 2.45) is 0 Å². The van der Waals surface area contributed by atoms with E-state index in [2.05, 4.69) is 16.7 Å². The largest absolute Gasteiger partial charge is 0.374 e. The number of anilines is 2. The lowest BCUT2D eigenvalue weighted by molar-refractivity contribution is -0.117. The van der Waals surface area contributed by atoms with Gasteiger partial charge in [-0.2, -0.15) is 5.26 Å². The third-order valence-electron chi connectivity index (χ3n) is 3.71. The van der Waals surface area contributed by atoms with Crippen LogP contribution in [0.25, 0.3) is 0 Å². The number of carbonyl (C=O) groups excluding carboxylic acids is 1. The van der Waals surface area contributed by atoms with Crippen molar-refractivity contribution in [3.8, 4) is 6.07 Å². The van der Waals surface area contributed by atoms with Crippen molar-refractivity contribution in [1.29, 1.82) is 5.26 Å². The number of carbonyl (C=O) groups is 1. The molecule has 19 heavy (non-hydrogen) atoms. The molecule has 0 saturated carbocycles. The molecule has 5 heteroatoms. The number of nitrogens with one attached hydrogen (secondary N) is 2. The van der Waals surface area contributed by atoms with E-state index in [-0.39, 0.29) is 5.91 Å². The van der Waals surface area contributed by atoms with Gasteiger partial charge in [0.1, 0.15) is 0 Å². The lowest BCUT2D eigenvalue weighted by atomic mass is 10.1. The lowest BCUT2D eigenvalue weighted by Crippen LogP contribution is -2.46. The molecule has 98 valence electrons. The van der Waals surface area contributed by atoms with Crippen LogP contribution in [0.4, 0.5) is 11.4 Å². The number of nitrogens with zero attached hydrogens (tertiary/aromatic N) is 2. The Balaban J connectivity index is 1.91. The first-order chi connectivity index (χ1) is 9.28. The maximum atomic E-state index is 12.1. The van der Waals surface area contributed by atoms with E-state index in [1.807, 2.05) is 6.07 Å². The van der Waals surface area contributed by atoms with E-state index in [1.165, 1.54) is 0 Å². The van der Waals surface area contributed by atoms with Gasteiger partial charge in [-0.05, 0) is 37.6 Å². The van der Waals surface area contributed by atoms with Gasteiger partial charge < -0.3 is 15.5 Å². The Morgan fingerprint density at radius 3 is 3.11 bits per heavy atom. The molecule has 1 fully saturated rings. The number of fused-ring (bicyclic) bond motifs is 1. The molecule has 0 aromatic heterocycles. The predicted molar refractivity (Wildman–Crippen MR) is 73.0 cm³/mol. The summed E-state index contributed by atoms with van der Waals surface area (Å²) in [6, 6.07) is 7.91. The third-order valence-corrected chi connectivity index (χ3v) is 3.71. The molecule has 2 aliphatic heterocycles. The van der Waals surface area contributed by atoms with Gasteiger partial charge in [0.05, 0.1) is 29.6 Å². The molecule has 0 spiro atoms. The number of benzene rings is 1. The highest BCUT2D eigenvalue weighted by Gasteiger charge is 2.27. The maximum absolute atomic E-state index is 12.1. The minimum absolute atomic E-state index is 0.0660. The smallest absolute Gasteiger partial charge is 0.246 e. The van der Waals surface area contributed by atoms with Crippen LogP contribution in [0, 0.1) is 11.3 Å². The molecule has 2 heterocycles. The van der Waals surface area contributed by atoms with Gasteiger partial charge in [0.15, 0.2) is 0 Å². The Morgan fingerprint density at radius 2 is 2.37 bits per heavy atom. The van der Waals surface area contributed by atoms with Gasteiger partial charge in [-0.15, -0.1) is 0 Å². The van der Waals surface area contributed by atoms with Crippen LogP contribution in [0.5, 0.6) is 0 Å². The Kier molecular flexibility index (Phi) is 3.10. The molecule has 0 bridgehead atoms. The second kappa shape index (κ2) is 4.90. The first-order valence-corrected chi connectivity index (χ1v) is 6.60. The third kappa shape index (κ3) is 2.27. The van der Waals surface area contributed by atoms with E-state index < -0.39 is 0 Å². The summed E-state index contributed by atoms with van der Waals surface area (Å²) in [5.41, 5.74) is 2.33. The van der Waals surface area contributed by atoms with Crippen molar-refractivity contribution in [2.75, 3.05) is 29.9 Å². The van der Waals surface area contributed by atoms with Crippen molar-refractivity contribution in [2.45, 2.75) is 18.9 Å². The zero-order valence-corrected chi connectivity index (χ0v) is 10.6. The topological polar surface area (TPSA) is 68.2 Å². The molecule has 5 nitrogen and oxygen atoms in total. The van der Waals surface area contributed by atoms with Gasteiger partial charge in [-0.25, -0.2) is 0 Å². The average Bonchev–Trinajstić information content (AvgIpc) is 2.94. The number of nitriles is 1. The van der Waals surface area contributed by atoms with Gasteiger partial charge in [0.25, 0.3) is 0 Å². The first-order valence-electron chi connectivity index (χ1n) is 6.60. The van der Waals surface area contributed by atoms with Crippen molar-refractivity contribution in [3.63, 3.8) is 0 Å². The molecule has 1 aromatic carbocycles. The molecule has 0 radical (unpaired) electrons.